The van der Waals surface area contributed by atoms with Crippen LogP contribution in [0.25, 0.3) is 0 Å². The van der Waals surface area contributed by atoms with E-state index in [0.717, 1.165) is 35.3 Å². The van der Waals surface area contributed by atoms with Crippen molar-refractivity contribution in [2.45, 2.75) is 45.4 Å². The average molecular weight is 385 g/mol. The first-order valence-corrected chi connectivity index (χ1v) is 9.65. The van der Waals surface area contributed by atoms with Crippen molar-refractivity contribution in [3.05, 3.63) is 51.4 Å². The second-order valence-corrected chi connectivity index (χ2v) is 8.77. The van der Waals surface area contributed by atoms with Crippen molar-refractivity contribution < 1.29 is 14.4 Å². The van der Waals surface area contributed by atoms with Crippen LogP contribution in [0.3, 0.4) is 0 Å². The first-order valence-electron chi connectivity index (χ1n) is 8.84. The lowest BCUT2D eigenvalue weighted by Gasteiger charge is -2.19. The number of aryl methyl sites for hydroxylation is 1. The van der Waals surface area contributed by atoms with Crippen molar-refractivity contribution in [2.24, 2.45) is 5.73 Å². The van der Waals surface area contributed by atoms with Crippen LogP contribution in [0.5, 0.6) is 0 Å². The minimum Gasteiger partial charge on any atom is -0.351 e. The number of thiophene rings is 1. The standard InChI is InChI=1S/C20H23N3O3S/c1-20(2,3)12-9-7-11(8-10-12)16(24)22-18-15(17(25)23-19(21)26)13-5-4-6-14(13)27-18/h7-10H,4-6H2,1-3H3,(H,22,24)(H3,21,23,25,26). The summed E-state index contributed by atoms with van der Waals surface area (Å²) < 4.78 is 0. The normalized spacial score (nSPS) is 13.1. The van der Waals surface area contributed by atoms with E-state index in [4.69, 9.17) is 5.73 Å². The number of primary amides is 1. The van der Waals surface area contributed by atoms with Gasteiger partial charge in [-0.15, -0.1) is 11.3 Å². The van der Waals surface area contributed by atoms with Gasteiger partial charge >= 0.3 is 6.03 Å². The van der Waals surface area contributed by atoms with Crippen LogP contribution in [0, 0.1) is 0 Å². The van der Waals surface area contributed by atoms with E-state index in [-0.39, 0.29) is 11.3 Å². The number of fused-ring (bicyclic) bond motifs is 1. The number of benzene rings is 1. The molecule has 3 rings (SSSR count). The molecule has 1 aliphatic carbocycles. The maximum Gasteiger partial charge on any atom is 0.319 e. The summed E-state index contributed by atoms with van der Waals surface area (Å²) in [5, 5.41) is 5.40. The summed E-state index contributed by atoms with van der Waals surface area (Å²) >= 11 is 1.39. The van der Waals surface area contributed by atoms with Gasteiger partial charge in [-0.1, -0.05) is 32.9 Å². The van der Waals surface area contributed by atoms with Crippen molar-refractivity contribution in [1.29, 1.82) is 0 Å². The van der Waals surface area contributed by atoms with E-state index in [1.165, 1.54) is 11.3 Å². The molecule has 0 aliphatic heterocycles. The van der Waals surface area contributed by atoms with Gasteiger partial charge in [-0.05, 0) is 47.9 Å². The van der Waals surface area contributed by atoms with Crippen LogP contribution in [-0.2, 0) is 18.3 Å². The molecule has 0 unspecified atom stereocenters. The number of carbonyl (C=O) groups excluding carboxylic acids is 3. The second-order valence-electron chi connectivity index (χ2n) is 7.66. The van der Waals surface area contributed by atoms with Crippen LogP contribution in [0.2, 0.25) is 0 Å². The summed E-state index contributed by atoms with van der Waals surface area (Å²) in [5.74, 6) is -0.858. The highest BCUT2D eigenvalue weighted by Crippen LogP contribution is 2.39. The highest BCUT2D eigenvalue weighted by molar-refractivity contribution is 7.17. The van der Waals surface area contributed by atoms with E-state index >= 15 is 0 Å². The Labute approximate surface area is 162 Å². The lowest BCUT2D eigenvalue weighted by atomic mass is 9.87. The van der Waals surface area contributed by atoms with Crippen molar-refractivity contribution in [2.75, 3.05) is 5.32 Å². The van der Waals surface area contributed by atoms with Crippen LogP contribution < -0.4 is 16.4 Å². The second kappa shape index (κ2) is 7.15. The van der Waals surface area contributed by atoms with Crippen LogP contribution >= 0.6 is 11.3 Å². The molecule has 27 heavy (non-hydrogen) atoms. The summed E-state index contributed by atoms with van der Waals surface area (Å²) in [6.07, 6.45) is 2.58. The molecule has 7 heteroatoms. The van der Waals surface area contributed by atoms with E-state index in [0.29, 0.717) is 16.1 Å². The number of urea groups is 1. The van der Waals surface area contributed by atoms with Gasteiger partial charge in [-0.2, -0.15) is 0 Å². The zero-order valence-corrected chi connectivity index (χ0v) is 16.5. The topological polar surface area (TPSA) is 101 Å². The average Bonchev–Trinajstić information content (AvgIpc) is 3.13. The molecular weight excluding hydrogens is 362 g/mol. The fourth-order valence-electron chi connectivity index (χ4n) is 3.20. The summed E-state index contributed by atoms with van der Waals surface area (Å²) in [7, 11) is 0. The molecule has 0 spiro atoms. The Bertz CT molecular complexity index is 908. The molecular formula is C20H23N3O3S. The molecule has 4 amide bonds. The van der Waals surface area contributed by atoms with Crippen molar-refractivity contribution in [1.82, 2.24) is 5.32 Å². The Kier molecular flexibility index (Phi) is 5.06. The van der Waals surface area contributed by atoms with E-state index in [1.54, 1.807) is 12.1 Å². The number of hydrogen-bond donors (Lipinski definition) is 3. The van der Waals surface area contributed by atoms with Crippen LogP contribution in [0.1, 0.15) is 63.9 Å². The number of amides is 4. The van der Waals surface area contributed by atoms with Gasteiger partial charge in [-0.25, -0.2) is 4.79 Å². The number of anilines is 1. The maximum absolute atomic E-state index is 12.7. The summed E-state index contributed by atoms with van der Waals surface area (Å²) in [4.78, 5) is 37.2. The number of carbonyl (C=O) groups is 3. The van der Waals surface area contributed by atoms with Gasteiger partial charge in [0.25, 0.3) is 11.8 Å². The van der Waals surface area contributed by atoms with Crippen LogP contribution in [-0.4, -0.2) is 17.8 Å². The molecule has 0 atom stereocenters. The largest absolute Gasteiger partial charge is 0.351 e. The zero-order valence-electron chi connectivity index (χ0n) is 15.6. The molecule has 6 nitrogen and oxygen atoms in total. The van der Waals surface area contributed by atoms with E-state index in [2.05, 4.69) is 31.4 Å². The number of rotatable bonds is 3. The molecule has 142 valence electrons. The zero-order chi connectivity index (χ0) is 19.8. The lowest BCUT2D eigenvalue weighted by Crippen LogP contribution is -2.35. The molecule has 2 aromatic rings. The predicted molar refractivity (Wildman–Crippen MR) is 106 cm³/mol. The van der Waals surface area contributed by atoms with Crippen LogP contribution in [0.4, 0.5) is 9.80 Å². The summed E-state index contributed by atoms with van der Waals surface area (Å²) in [5.41, 5.74) is 7.98. The lowest BCUT2D eigenvalue weighted by molar-refractivity contribution is 0.0966. The summed E-state index contributed by atoms with van der Waals surface area (Å²) in [6.45, 7) is 6.33. The van der Waals surface area contributed by atoms with Gasteiger partial charge in [0.2, 0.25) is 0 Å². The minimum absolute atomic E-state index is 0.00355. The maximum atomic E-state index is 12.7. The SMILES string of the molecule is CC(C)(C)c1ccc(C(=O)Nc2sc3c(c2C(=O)NC(N)=O)CCC3)cc1. The van der Waals surface area contributed by atoms with Gasteiger partial charge in [0.15, 0.2) is 0 Å². The van der Waals surface area contributed by atoms with Crippen molar-refractivity contribution >= 4 is 34.2 Å². The smallest absolute Gasteiger partial charge is 0.319 e. The third kappa shape index (κ3) is 4.03. The fourth-order valence-corrected chi connectivity index (χ4v) is 4.49. The first kappa shape index (κ1) is 19.1. The Morgan fingerprint density at radius 3 is 2.30 bits per heavy atom. The molecule has 0 saturated heterocycles. The third-order valence-electron chi connectivity index (χ3n) is 4.63. The highest BCUT2D eigenvalue weighted by Gasteiger charge is 2.28. The molecule has 0 saturated carbocycles. The molecule has 1 aliphatic rings. The molecule has 4 N–H and O–H groups in total. The molecule has 0 bridgehead atoms. The highest BCUT2D eigenvalue weighted by atomic mass is 32.1. The van der Waals surface area contributed by atoms with E-state index in [9.17, 15) is 14.4 Å². The Morgan fingerprint density at radius 2 is 1.70 bits per heavy atom. The molecule has 1 aromatic carbocycles. The van der Waals surface area contributed by atoms with Gasteiger partial charge < -0.3 is 11.1 Å². The van der Waals surface area contributed by atoms with Crippen LogP contribution in [0.15, 0.2) is 24.3 Å². The quantitative estimate of drug-likeness (QED) is 0.752. The number of nitrogens with two attached hydrogens (primary N) is 1. The minimum atomic E-state index is -0.909. The van der Waals surface area contributed by atoms with Gasteiger partial charge in [0.1, 0.15) is 5.00 Å². The van der Waals surface area contributed by atoms with E-state index in [1.807, 2.05) is 12.1 Å². The van der Waals surface area contributed by atoms with Crippen molar-refractivity contribution in [3.8, 4) is 0 Å². The number of imide groups is 1. The van der Waals surface area contributed by atoms with Gasteiger partial charge in [0.05, 0.1) is 5.56 Å². The van der Waals surface area contributed by atoms with Gasteiger partial charge in [-0.3, -0.25) is 14.9 Å². The number of hydrogen-bond acceptors (Lipinski definition) is 4. The van der Waals surface area contributed by atoms with E-state index < -0.39 is 11.9 Å². The van der Waals surface area contributed by atoms with Gasteiger partial charge in [0, 0.05) is 10.4 Å². The summed E-state index contributed by atoms with van der Waals surface area (Å²) in [6, 6.07) is 6.52. The Morgan fingerprint density at radius 1 is 1.04 bits per heavy atom. The molecule has 1 aromatic heterocycles. The molecule has 0 fully saturated rings. The molecule has 1 heterocycles. The fraction of sp³-hybridized carbons (Fsp3) is 0.350. The Balaban J connectivity index is 1.86. The molecule has 0 radical (unpaired) electrons. The predicted octanol–water partition coefficient (Wildman–Crippen LogP) is 3.60. The number of nitrogens with one attached hydrogen (secondary N) is 2. The third-order valence-corrected chi connectivity index (χ3v) is 5.83. The van der Waals surface area contributed by atoms with Crippen molar-refractivity contribution in [3.63, 3.8) is 0 Å². The Hall–Kier alpha value is -2.67. The monoisotopic (exact) mass is 385 g/mol. The first-order chi connectivity index (χ1) is 12.7.